The fraction of sp³-hybridized carbons (Fsp3) is 0.750. The Bertz CT molecular complexity index is 339. The highest BCUT2D eigenvalue weighted by atomic mass is 16.4. The van der Waals surface area contributed by atoms with Gasteiger partial charge < -0.3 is 20.8 Å². The molecule has 0 heterocycles. The predicted octanol–water partition coefficient (Wildman–Crippen LogP) is -0.0472. The summed E-state index contributed by atoms with van der Waals surface area (Å²) in [6.45, 7) is 0.0710. The summed E-state index contributed by atoms with van der Waals surface area (Å²) in [6, 6.07) is -0.818. The molecule has 4 N–H and O–H groups in total. The first-order chi connectivity index (χ1) is 8.99. The van der Waals surface area contributed by atoms with Gasteiger partial charge in [0, 0.05) is 12.5 Å². The molecular formula is C12H20N2O5. The second-order valence-corrected chi connectivity index (χ2v) is 4.75. The van der Waals surface area contributed by atoms with Crippen LogP contribution >= 0.6 is 0 Å². The van der Waals surface area contributed by atoms with Crippen LogP contribution in [0.2, 0.25) is 0 Å². The fourth-order valence-electron chi connectivity index (χ4n) is 2.14. The zero-order valence-corrected chi connectivity index (χ0v) is 10.7. The van der Waals surface area contributed by atoms with Crippen LogP contribution in [0.5, 0.6) is 0 Å². The van der Waals surface area contributed by atoms with E-state index < -0.39 is 23.9 Å². The van der Waals surface area contributed by atoms with Crippen molar-refractivity contribution in [2.24, 2.45) is 0 Å². The van der Waals surface area contributed by atoms with Crippen molar-refractivity contribution in [1.82, 2.24) is 10.6 Å². The zero-order chi connectivity index (χ0) is 14.3. The van der Waals surface area contributed by atoms with Crippen molar-refractivity contribution in [3.05, 3.63) is 0 Å². The molecule has 0 bridgehead atoms. The van der Waals surface area contributed by atoms with E-state index in [9.17, 15) is 14.4 Å². The van der Waals surface area contributed by atoms with Crippen LogP contribution in [-0.4, -0.2) is 46.7 Å². The predicted molar refractivity (Wildman–Crippen MR) is 66.7 cm³/mol. The number of carbonyl (C=O) groups is 3. The van der Waals surface area contributed by atoms with E-state index in [4.69, 9.17) is 10.2 Å². The lowest BCUT2D eigenvalue weighted by Gasteiger charge is -2.15. The minimum atomic E-state index is -1.21. The van der Waals surface area contributed by atoms with Gasteiger partial charge in [0.25, 0.3) is 0 Å². The topological polar surface area (TPSA) is 116 Å². The van der Waals surface area contributed by atoms with Crippen molar-refractivity contribution in [2.45, 2.75) is 50.6 Å². The molecule has 0 unspecified atom stereocenters. The third-order valence-electron chi connectivity index (χ3n) is 3.19. The number of carboxylic acids is 2. The van der Waals surface area contributed by atoms with Crippen molar-refractivity contribution in [3.8, 4) is 0 Å². The maximum absolute atomic E-state index is 11.6. The van der Waals surface area contributed by atoms with Gasteiger partial charge in [0.2, 0.25) is 5.91 Å². The number of aliphatic carboxylic acids is 2. The minimum Gasteiger partial charge on any atom is -0.481 e. The molecule has 7 nitrogen and oxygen atoms in total. The lowest BCUT2D eigenvalue weighted by molar-refractivity contribution is -0.143. The van der Waals surface area contributed by atoms with Gasteiger partial charge in [0.1, 0.15) is 6.04 Å². The molecular weight excluding hydrogens is 252 g/mol. The molecule has 0 aliphatic heterocycles. The normalized spacial score (nSPS) is 17.1. The average Bonchev–Trinajstić information content (AvgIpc) is 2.84. The van der Waals surface area contributed by atoms with Crippen LogP contribution in [0.4, 0.5) is 0 Å². The van der Waals surface area contributed by atoms with E-state index >= 15 is 0 Å². The summed E-state index contributed by atoms with van der Waals surface area (Å²) in [4.78, 5) is 32.8. The molecule has 1 fully saturated rings. The molecule has 1 aliphatic carbocycles. The Hall–Kier alpha value is -1.63. The second-order valence-electron chi connectivity index (χ2n) is 4.75. The summed E-state index contributed by atoms with van der Waals surface area (Å²) in [5.74, 6) is -2.70. The van der Waals surface area contributed by atoms with Gasteiger partial charge in [-0.1, -0.05) is 12.8 Å². The first-order valence-corrected chi connectivity index (χ1v) is 6.46. The van der Waals surface area contributed by atoms with Crippen LogP contribution in [-0.2, 0) is 14.4 Å². The van der Waals surface area contributed by atoms with E-state index in [2.05, 4.69) is 10.6 Å². The Balaban J connectivity index is 2.29. The Kier molecular flexibility index (Phi) is 6.27. The van der Waals surface area contributed by atoms with E-state index in [1.165, 1.54) is 0 Å². The third-order valence-corrected chi connectivity index (χ3v) is 3.19. The van der Waals surface area contributed by atoms with Crippen LogP contribution in [0.25, 0.3) is 0 Å². The van der Waals surface area contributed by atoms with E-state index in [1.807, 2.05) is 0 Å². The average molecular weight is 272 g/mol. The number of hydrogen-bond donors (Lipinski definition) is 4. The molecule has 1 atom stereocenters. The Labute approximate surface area is 111 Å². The summed E-state index contributed by atoms with van der Waals surface area (Å²) in [7, 11) is 0. The SMILES string of the molecule is O=C(O)CC[C@H](NC(=O)CNC1CCCC1)C(=O)O. The van der Waals surface area contributed by atoms with Gasteiger partial charge >= 0.3 is 11.9 Å². The number of carboxylic acid groups (broad SMARTS) is 2. The quantitative estimate of drug-likeness (QED) is 0.492. The number of hydrogen-bond acceptors (Lipinski definition) is 4. The summed E-state index contributed by atoms with van der Waals surface area (Å²) in [6.07, 6.45) is 3.97. The smallest absolute Gasteiger partial charge is 0.326 e. The molecule has 7 heteroatoms. The van der Waals surface area contributed by atoms with Crippen LogP contribution in [0.1, 0.15) is 38.5 Å². The summed E-state index contributed by atoms with van der Waals surface area (Å²) < 4.78 is 0. The Morgan fingerprint density at radius 2 is 1.79 bits per heavy atom. The third kappa shape index (κ3) is 6.19. The first-order valence-electron chi connectivity index (χ1n) is 6.46. The summed E-state index contributed by atoms with van der Waals surface area (Å²) in [5.41, 5.74) is 0. The lowest BCUT2D eigenvalue weighted by atomic mass is 10.1. The first kappa shape index (κ1) is 15.4. The van der Waals surface area contributed by atoms with Gasteiger partial charge in [-0.3, -0.25) is 9.59 Å². The van der Waals surface area contributed by atoms with Gasteiger partial charge in [-0.2, -0.15) is 0 Å². The highest BCUT2D eigenvalue weighted by molar-refractivity contribution is 5.85. The molecule has 0 aromatic heterocycles. The molecule has 108 valence electrons. The molecule has 1 saturated carbocycles. The molecule has 0 spiro atoms. The lowest BCUT2D eigenvalue weighted by Crippen LogP contribution is -2.46. The molecule has 0 aromatic rings. The van der Waals surface area contributed by atoms with E-state index in [-0.39, 0.29) is 19.4 Å². The van der Waals surface area contributed by atoms with Gasteiger partial charge in [-0.25, -0.2) is 4.79 Å². The highest BCUT2D eigenvalue weighted by Gasteiger charge is 2.21. The van der Waals surface area contributed by atoms with Gasteiger partial charge in [-0.05, 0) is 19.3 Å². The standard InChI is InChI=1S/C12H20N2O5/c15-10(7-13-8-3-1-2-4-8)14-9(12(18)19)5-6-11(16)17/h8-9,13H,1-7H2,(H,14,15)(H,16,17)(H,18,19)/t9-/m0/s1. The molecule has 0 radical (unpaired) electrons. The maximum Gasteiger partial charge on any atom is 0.326 e. The van der Waals surface area contributed by atoms with Crippen molar-refractivity contribution >= 4 is 17.8 Å². The van der Waals surface area contributed by atoms with Crippen LogP contribution in [0.3, 0.4) is 0 Å². The zero-order valence-electron chi connectivity index (χ0n) is 10.7. The van der Waals surface area contributed by atoms with Crippen molar-refractivity contribution in [1.29, 1.82) is 0 Å². The van der Waals surface area contributed by atoms with Gasteiger partial charge in [0.15, 0.2) is 0 Å². The second kappa shape index (κ2) is 7.73. The van der Waals surface area contributed by atoms with E-state index in [1.54, 1.807) is 0 Å². The van der Waals surface area contributed by atoms with E-state index in [0.29, 0.717) is 6.04 Å². The van der Waals surface area contributed by atoms with E-state index in [0.717, 1.165) is 25.7 Å². The monoisotopic (exact) mass is 272 g/mol. The number of rotatable bonds is 8. The summed E-state index contributed by atoms with van der Waals surface area (Å²) >= 11 is 0. The van der Waals surface area contributed by atoms with Gasteiger partial charge in [-0.15, -0.1) is 0 Å². The maximum atomic E-state index is 11.6. The molecule has 1 aliphatic rings. The molecule has 1 amide bonds. The van der Waals surface area contributed by atoms with Crippen LogP contribution < -0.4 is 10.6 Å². The summed E-state index contributed by atoms with van der Waals surface area (Å²) in [5, 5.41) is 22.8. The largest absolute Gasteiger partial charge is 0.481 e. The fourth-order valence-corrected chi connectivity index (χ4v) is 2.14. The van der Waals surface area contributed by atoms with Crippen LogP contribution in [0.15, 0.2) is 0 Å². The number of carbonyl (C=O) groups excluding carboxylic acids is 1. The molecule has 19 heavy (non-hydrogen) atoms. The highest BCUT2D eigenvalue weighted by Crippen LogP contribution is 2.17. The van der Waals surface area contributed by atoms with Crippen molar-refractivity contribution < 1.29 is 24.6 Å². The van der Waals surface area contributed by atoms with Crippen LogP contribution in [0, 0.1) is 0 Å². The minimum absolute atomic E-state index is 0.0710. The van der Waals surface area contributed by atoms with Gasteiger partial charge in [0.05, 0.1) is 6.54 Å². The Morgan fingerprint density at radius 3 is 2.32 bits per heavy atom. The Morgan fingerprint density at radius 1 is 1.16 bits per heavy atom. The van der Waals surface area contributed by atoms with Crippen molar-refractivity contribution in [2.75, 3.05) is 6.54 Å². The number of amides is 1. The molecule has 0 saturated heterocycles. The molecule has 1 rings (SSSR count). The number of nitrogens with one attached hydrogen (secondary N) is 2. The van der Waals surface area contributed by atoms with Crippen molar-refractivity contribution in [3.63, 3.8) is 0 Å². The molecule has 0 aromatic carbocycles.